The summed E-state index contributed by atoms with van der Waals surface area (Å²) in [5.74, 6) is -0.344. The van der Waals surface area contributed by atoms with Crippen LogP contribution in [0.4, 0.5) is 0 Å². The molecule has 0 amide bonds. The number of hydrogen-bond acceptors (Lipinski definition) is 3. The molecule has 0 radical (unpaired) electrons. The number of aliphatic hydroxyl groups excluding tert-OH is 2. The van der Waals surface area contributed by atoms with Crippen molar-refractivity contribution in [2.45, 2.75) is 38.9 Å². The summed E-state index contributed by atoms with van der Waals surface area (Å²) < 4.78 is 0. The van der Waals surface area contributed by atoms with Crippen LogP contribution in [0.5, 0.6) is 0 Å². The number of rotatable bonds is 6. The zero-order valence-corrected chi connectivity index (χ0v) is 13.0. The molecule has 2 rings (SSSR count). The van der Waals surface area contributed by atoms with E-state index in [1.165, 1.54) is 0 Å². The molecule has 22 heavy (non-hydrogen) atoms. The van der Waals surface area contributed by atoms with E-state index in [1.54, 1.807) is 0 Å². The maximum Gasteiger partial charge on any atom is 0.147 e. The lowest BCUT2D eigenvalue weighted by molar-refractivity contribution is -0.121. The summed E-state index contributed by atoms with van der Waals surface area (Å²) in [5.41, 5.74) is 3.46. The Morgan fingerprint density at radius 2 is 1.27 bits per heavy atom. The third-order valence-electron chi connectivity index (χ3n) is 4.12. The van der Waals surface area contributed by atoms with Crippen LogP contribution in [-0.2, 0) is 18.0 Å². The van der Waals surface area contributed by atoms with Gasteiger partial charge in [0.25, 0.3) is 0 Å². The van der Waals surface area contributed by atoms with E-state index in [4.69, 9.17) is 0 Å². The first-order valence-electron chi connectivity index (χ1n) is 7.50. The Balaban J connectivity index is 2.21. The van der Waals surface area contributed by atoms with Gasteiger partial charge in [-0.2, -0.15) is 0 Å². The molecule has 0 aliphatic rings. The van der Waals surface area contributed by atoms with E-state index in [-0.39, 0.29) is 30.8 Å². The van der Waals surface area contributed by atoms with Crippen LogP contribution >= 0.6 is 0 Å². The Labute approximate surface area is 131 Å². The monoisotopic (exact) mass is 298 g/mol. The van der Waals surface area contributed by atoms with Gasteiger partial charge in [-0.3, -0.25) is 4.79 Å². The molecule has 2 atom stereocenters. The van der Waals surface area contributed by atoms with Crippen molar-refractivity contribution in [3.8, 4) is 0 Å². The third-order valence-corrected chi connectivity index (χ3v) is 4.12. The zero-order chi connectivity index (χ0) is 16.1. The normalized spacial score (nSPS) is 13.6. The van der Waals surface area contributed by atoms with Crippen molar-refractivity contribution < 1.29 is 15.0 Å². The van der Waals surface area contributed by atoms with Crippen molar-refractivity contribution in [2.24, 2.45) is 0 Å². The molecule has 2 aromatic carbocycles. The Bertz CT molecular complexity index is 593. The van der Waals surface area contributed by atoms with Gasteiger partial charge in [0.15, 0.2) is 0 Å². The fourth-order valence-electron chi connectivity index (χ4n) is 2.63. The minimum atomic E-state index is -0.237. The second-order valence-corrected chi connectivity index (χ2v) is 5.65. The van der Waals surface area contributed by atoms with Crippen LogP contribution in [0.3, 0.4) is 0 Å². The lowest BCUT2D eigenvalue weighted by atomic mass is 9.85. The van der Waals surface area contributed by atoms with Crippen molar-refractivity contribution in [3.63, 3.8) is 0 Å². The number of Topliss-reactive ketones (excluding diaryl/α,β-unsaturated/α-hetero) is 1. The van der Waals surface area contributed by atoms with Gasteiger partial charge in [-0.05, 0) is 22.3 Å². The Kier molecular flexibility index (Phi) is 5.47. The van der Waals surface area contributed by atoms with Crippen LogP contribution < -0.4 is 0 Å². The molecule has 0 fully saturated rings. The molecule has 3 nitrogen and oxygen atoms in total. The molecule has 116 valence electrons. The number of ketones is 1. The summed E-state index contributed by atoms with van der Waals surface area (Å²) in [4.78, 5) is 12.7. The Hall–Kier alpha value is -1.97. The fourth-order valence-corrected chi connectivity index (χ4v) is 2.63. The van der Waals surface area contributed by atoms with E-state index in [9.17, 15) is 15.0 Å². The van der Waals surface area contributed by atoms with Crippen molar-refractivity contribution in [2.75, 3.05) is 0 Å². The van der Waals surface area contributed by atoms with E-state index < -0.39 is 0 Å². The van der Waals surface area contributed by atoms with E-state index >= 15 is 0 Å². The fraction of sp³-hybridized carbons (Fsp3) is 0.316. The SMILES string of the molecule is CC(C(=O)C(C)c1cccc(CO)c1)c1cccc(CO)c1. The van der Waals surface area contributed by atoms with Gasteiger partial charge in [-0.1, -0.05) is 62.4 Å². The summed E-state index contributed by atoms with van der Waals surface area (Å²) in [6, 6.07) is 15.0. The number of aliphatic hydroxyl groups is 2. The number of benzene rings is 2. The minimum absolute atomic E-state index is 0.0250. The van der Waals surface area contributed by atoms with Crippen LogP contribution in [-0.4, -0.2) is 16.0 Å². The summed E-state index contributed by atoms with van der Waals surface area (Å²) in [5, 5.41) is 18.4. The molecular weight excluding hydrogens is 276 g/mol. The predicted molar refractivity (Wildman–Crippen MR) is 86.6 cm³/mol. The largest absolute Gasteiger partial charge is 0.392 e. The van der Waals surface area contributed by atoms with Gasteiger partial charge in [0.1, 0.15) is 5.78 Å². The Morgan fingerprint density at radius 1 is 0.864 bits per heavy atom. The average molecular weight is 298 g/mol. The topological polar surface area (TPSA) is 57.5 Å². The second-order valence-electron chi connectivity index (χ2n) is 5.65. The number of hydrogen-bond donors (Lipinski definition) is 2. The van der Waals surface area contributed by atoms with Gasteiger partial charge in [0.05, 0.1) is 13.2 Å². The lowest BCUT2D eigenvalue weighted by Gasteiger charge is -2.18. The van der Waals surface area contributed by atoms with Crippen LogP contribution in [0.1, 0.15) is 47.9 Å². The molecule has 0 aromatic heterocycles. The molecule has 2 N–H and O–H groups in total. The van der Waals surface area contributed by atoms with Crippen LogP contribution in [0, 0.1) is 0 Å². The summed E-state index contributed by atoms with van der Waals surface area (Å²) >= 11 is 0. The smallest absolute Gasteiger partial charge is 0.147 e. The molecule has 0 aliphatic heterocycles. The summed E-state index contributed by atoms with van der Waals surface area (Å²) in [6.45, 7) is 3.74. The highest BCUT2D eigenvalue weighted by atomic mass is 16.3. The molecule has 0 aliphatic carbocycles. The molecule has 0 saturated heterocycles. The highest BCUT2D eigenvalue weighted by molar-refractivity contribution is 5.91. The van der Waals surface area contributed by atoms with Crippen molar-refractivity contribution in [3.05, 3.63) is 70.8 Å². The van der Waals surface area contributed by atoms with Gasteiger partial charge in [-0.15, -0.1) is 0 Å². The van der Waals surface area contributed by atoms with E-state index in [0.717, 1.165) is 22.3 Å². The highest BCUT2D eigenvalue weighted by Gasteiger charge is 2.23. The second kappa shape index (κ2) is 7.34. The van der Waals surface area contributed by atoms with E-state index in [2.05, 4.69) is 0 Å². The minimum Gasteiger partial charge on any atom is -0.392 e. The first-order chi connectivity index (χ1) is 10.6. The van der Waals surface area contributed by atoms with Crippen LogP contribution in [0.2, 0.25) is 0 Å². The molecule has 2 unspecified atom stereocenters. The van der Waals surface area contributed by atoms with Gasteiger partial charge in [0.2, 0.25) is 0 Å². The van der Waals surface area contributed by atoms with Gasteiger partial charge < -0.3 is 10.2 Å². The molecule has 0 heterocycles. The summed E-state index contributed by atoms with van der Waals surface area (Å²) in [7, 11) is 0. The lowest BCUT2D eigenvalue weighted by Crippen LogP contribution is -2.17. The van der Waals surface area contributed by atoms with E-state index in [1.807, 2.05) is 62.4 Å². The first-order valence-corrected chi connectivity index (χ1v) is 7.50. The van der Waals surface area contributed by atoms with Gasteiger partial charge in [-0.25, -0.2) is 0 Å². The molecule has 2 aromatic rings. The van der Waals surface area contributed by atoms with Crippen LogP contribution in [0.25, 0.3) is 0 Å². The molecular formula is C19H22O3. The van der Waals surface area contributed by atoms with E-state index in [0.29, 0.717) is 0 Å². The Morgan fingerprint density at radius 3 is 1.64 bits per heavy atom. The molecule has 0 bridgehead atoms. The van der Waals surface area contributed by atoms with Crippen molar-refractivity contribution >= 4 is 5.78 Å². The standard InChI is InChI=1S/C19H22O3/c1-13(17-7-3-5-15(9-17)11-20)19(22)14(2)18-8-4-6-16(10-18)12-21/h3-10,13-14,20-21H,11-12H2,1-2H3. The maximum absolute atomic E-state index is 12.7. The number of carbonyl (C=O) groups is 1. The van der Waals surface area contributed by atoms with Gasteiger partial charge >= 0.3 is 0 Å². The van der Waals surface area contributed by atoms with Crippen molar-refractivity contribution in [1.82, 2.24) is 0 Å². The average Bonchev–Trinajstić information content (AvgIpc) is 2.59. The summed E-state index contributed by atoms with van der Waals surface area (Å²) in [6.07, 6.45) is 0. The third kappa shape index (κ3) is 3.62. The maximum atomic E-state index is 12.7. The first kappa shape index (κ1) is 16.4. The zero-order valence-electron chi connectivity index (χ0n) is 13.0. The van der Waals surface area contributed by atoms with Crippen LogP contribution in [0.15, 0.2) is 48.5 Å². The number of carbonyl (C=O) groups excluding carboxylic acids is 1. The van der Waals surface area contributed by atoms with Gasteiger partial charge in [0, 0.05) is 11.8 Å². The molecule has 0 spiro atoms. The quantitative estimate of drug-likeness (QED) is 0.861. The molecule has 3 heteroatoms. The van der Waals surface area contributed by atoms with Crippen molar-refractivity contribution in [1.29, 1.82) is 0 Å². The molecule has 0 saturated carbocycles. The highest BCUT2D eigenvalue weighted by Crippen LogP contribution is 2.27. The predicted octanol–water partition coefficient (Wildman–Crippen LogP) is 3.15.